The van der Waals surface area contributed by atoms with Gasteiger partial charge in [0.15, 0.2) is 0 Å². The van der Waals surface area contributed by atoms with Gasteiger partial charge in [-0.3, -0.25) is 9.59 Å². The number of thiazole rings is 1. The van der Waals surface area contributed by atoms with Crippen molar-refractivity contribution in [2.45, 2.75) is 45.1 Å². The van der Waals surface area contributed by atoms with Gasteiger partial charge in [-0.15, -0.1) is 11.3 Å². The normalized spacial score (nSPS) is 20.2. The maximum absolute atomic E-state index is 12.6. The summed E-state index contributed by atoms with van der Waals surface area (Å²) in [6, 6.07) is 10.1. The average molecular weight is 358 g/mol. The zero-order chi connectivity index (χ0) is 17.8. The van der Waals surface area contributed by atoms with Crippen molar-refractivity contribution in [1.29, 1.82) is 0 Å². The van der Waals surface area contributed by atoms with Gasteiger partial charge < -0.3 is 10.4 Å². The summed E-state index contributed by atoms with van der Waals surface area (Å²) in [4.78, 5) is 28.8. The van der Waals surface area contributed by atoms with E-state index in [0.717, 1.165) is 30.0 Å². The number of amides is 1. The molecule has 0 bridgehead atoms. The first-order valence-electron chi connectivity index (χ1n) is 8.57. The second-order valence-electron chi connectivity index (χ2n) is 6.54. The van der Waals surface area contributed by atoms with Crippen molar-refractivity contribution in [3.05, 3.63) is 51.5 Å². The van der Waals surface area contributed by atoms with Crippen LogP contribution in [0.3, 0.4) is 0 Å². The highest BCUT2D eigenvalue weighted by Gasteiger charge is 2.27. The smallest absolute Gasteiger partial charge is 0.306 e. The lowest BCUT2D eigenvalue weighted by molar-refractivity contribution is -0.142. The summed E-state index contributed by atoms with van der Waals surface area (Å²) in [7, 11) is 0. The molecule has 3 rings (SSSR count). The van der Waals surface area contributed by atoms with Gasteiger partial charge in [-0.2, -0.15) is 0 Å². The molecule has 0 spiro atoms. The molecule has 1 aliphatic carbocycles. The molecule has 2 N–H and O–H groups in total. The van der Waals surface area contributed by atoms with Gasteiger partial charge in [0.1, 0.15) is 4.88 Å². The molecule has 1 aromatic carbocycles. The molecule has 1 heterocycles. The van der Waals surface area contributed by atoms with Gasteiger partial charge in [-0.05, 0) is 38.2 Å². The van der Waals surface area contributed by atoms with Crippen LogP contribution < -0.4 is 5.32 Å². The number of hydrogen-bond donors (Lipinski definition) is 2. The second kappa shape index (κ2) is 7.78. The number of carbonyl (C=O) groups excluding carboxylic acids is 1. The van der Waals surface area contributed by atoms with Gasteiger partial charge in [0.25, 0.3) is 5.91 Å². The van der Waals surface area contributed by atoms with E-state index in [1.165, 1.54) is 16.9 Å². The number of hydrogen-bond acceptors (Lipinski definition) is 4. The molecule has 2 aromatic rings. The van der Waals surface area contributed by atoms with E-state index in [1.54, 1.807) is 0 Å². The van der Waals surface area contributed by atoms with Crippen LogP contribution in [0.1, 0.15) is 51.6 Å². The largest absolute Gasteiger partial charge is 0.481 e. The lowest BCUT2D eigenvalue weighted by atomic mass is 9.86. The highest BCUT2D eigenvalue weighted by Crippen LogP contribution is 2.26. The average Bonchev–Trinajstić information content (AvgIpc) is 2.96. The van der Waals surface area contributed by atoms with Crippen molar-refractivity contribution in [3.63, 3.8) is 0 Å². The predicted octanol–water partition coefficient (Wildman–Crippen LogP) is 3.42. The van der Waals surface area contributed by atoms with Crippen molar-refractivity contribution in [1.82, 2.24) is 10.3 Å². The molecule has 0 unspecified atom stereocenters. The van der Waals surface area contributed by atoms with Crippen molar-refractivity contribution >= 4 is 23.2 Å². The van der Waals surface area contributed by atoms with E-state index < -0.39 is 5.97 Å². The monoisotopic (exact) mass is 358 g/mol. The second-order valence-corrected chi connectivity index (χ2v) is 7.63. The zero-order valence-electron chi connectivity index (χ0n) is 14.2. The Morgan fingerprint density at radius 3 is 2.52 bits per heavy atom. The SMILES string of the molecule is Cc1nc(Cc2ccccc2)sc1C(=O)NC1CCC(C(=O)O)CC1. The van der Waals surface area contributed by atoms with E-state index in [4.69, 9.17) is 5.11 Å². The van der Waals surface area contributed by atoms with Crippen LogP contribution in [0.4, 0.5) is 0 Å². The minimum atomic E-state index is -0.728. The quantitative estimate of drug-likeness (QED) is 0.858. The standard InChI is InChI=1S/C19H22N2O3S/c1-12-17(25-16(20-12)11-13-5-3-2-4-6-13)18(22)21-15-9-7-14(8-10-15)19(23)24/h2-6,14-15H,7-11H2,1H3,(H,21,22)(H,23,24). The minimum Gasteiger partial charge on any atom is -0.481 e. The number of rotatable bonds is 5. The lowest BCUT2D eigenvalue weighted by Gasteiger charge is -2.26. The van der Waals surface area contributed by atoms with Crippen LogP contribution in [0, 0.1) is 12.8 Å². The van der Waals surface area contributed by atoms with Crippen LogP contribution in [0.25, 0.3) is 0 Å². The summed E-state index contributed by atoms with van der Waals surface area (Å²) in [5.41, 5.74) is 1.93. The Balaban J connectivity index is 1.60. The molecule has 0 saturated heterocycles. The number of aromatic nitrogens is 1. The summed E-state index contributed by atoms with van der Waals surface area (Å²) in [6.45, 7) is 1.86. The summed E-state index contributed by atoms with van der Waals surface area (Å²) in [5, 5.41) is 13.0. The number of aryl methyl sites for hydroxylation is 1. The fourth-order valence-electron chi connectivity index (χ4n) is 3.24. The molecule has 1 fully saturated rings. The Kier molecular flexibility index (Phi) is 5.48. The fourth-order valence-corrected chi connectivity index (χ4v) is 4.25. The molecule has 132 valence electrons. The topological polar surface area (TPSA) is 79.3 Å². The van der Waals surface area contributed by atoms with E-state index in [2.05, 4.69) is 22.4 Å². The third-order valence-corrected chi connectivity index (χ3v) is 5.81. The number of carboxylic acid groups (broad SMARTS) is 1. The summed E-state index contributed by atoms with van der Waals surface area (Å²) in [6.07, 6.45) is 3.42. The Bertz CT molecular complexity index is 749. The number of carboxylic acids is 1. The summed E-state index contributed by atoms with van der Waals surface area (Å²) < 4.78 is 0. The van der Waals surface area contributed by atoms with Crippen LogP contribution >= 0.6 is 11.3 Å². The summed E-state index contributed by atoms with van der Waals surface area (Å²) in [5.74, 6) is -1.09. The fraction of sp³-hybridized carbons (Fsp3) is 0.421. The molecule has 0 aliphatic heterocycles. The lowest BCUT2D eigenvalue weighted by Crippen LogP contribution is -2.38. The minimum absolute atomic E-state index is 0.0576. The number of nitrogens with zero attached hydrogens (tertiary/aromatic N) is 1. The van der Waals surface area contributed by atoms with Gasteiger partial charge in [0, 0.05) is 12.5 Å². The Hall–Kier alpha value is -2.21. The van der Waals surface area contributed by atoms with Crippen molar-refractivity contribution < 1.29 is 14.7 Å². The van der Waals surface area contributed by atoms with Gasteiger partial charge in [0.2, 0.25) is 0 Å². The van der Waals surface area contributed by atoms with Crippen LogP contribution in [0.15, 0.2) is 30.3 Å². The summed E-state index contributed by atoms with van der Waals surface area (Å²) >= 11 is 1.44. The maximum Gasteiger partial charge on any atom is 0.306 e. The molecule has 1 amide bonds. The Morgan fingerprint density at radius 2 is 1.88 bits per heavy atom. The highest BCUT2D eigenvalue weighted by atomic mass is 32.1. The molecular weight excluding hydrogens is 336 g/mol. The third-order valence-electron chi connectivity index (χ3n) is 4.66. The van der Waals surface area contributed by atoms with E-state index in [0.29, 0.717) is 17.7 Å². The Labute approximate surface area is 151 Å². The van der Waals surface area contributed by atoms with Crippen molar-refractivity contribution in [2.75, 3.05) is 0 Å². The van der Waals surface area contributed by atoms with E-state index in [1.807, 2.05) is 25.1 Å². The Morgan fingerprint density at radius 1 is 1.20 bits per heavy atom. The predicted molar refractivity (Wildman–Crippen MR) is 96.9 cm³/mol. The van der Waals surface area contributed by atoms with Gasteiger partial charge in [-0.25, -0.2) is 4.98 Å². The van der Waals surface area contributed by atoms with Crippen LogP contribution in [-0.2, 0) is 11.2 Å². The van der Waals surface area contributed by atoms with E-state index >= 15 is 0 Å². The number of nitrogens with one attached hydrogen (secondary N) is 1. The molecular formula is C19H22N2O3S. The van der Waals surface area contributed by atoms with Crippen LogP contribution in [0.5, 0.6) is 0 Å². The molecule has 6 heteroatoms. The number of benzene rings is 1. The first kappa shape index (κ1) is 17.6. The van der Waals surface area contributed by atoms with E-state index in [-0.39, 0.29) is 17.9 Å². The molecule has 0 radical (unpaired) electrons. The zero-order valence-corrected chi connectivity index (χ0v) is 15.0. The molecule has 1 aromatic heterocycles. The highest BCUT2D eigenvalue weighted by molar-refractivity contribution is 7.13. The van der Waals surface area contributed by atoms with Crippen LogP contribution in [-0.4, -0.2) is 28.0 Å². The van der Waals surface area contributed by atoms with E-state index in [9.17, 15) is 9.59 Å². The van der Waals surface area contributed by atoms with Crippen LogP contribution in [0.2, 0.25) is 0 Å². The number of aliphatic carboxylic acids is 1. The maximum atomic E-state index is 12.6. The van der Waals surface area contributed by atoms with Crippen molar-refractivity contribution in [2.24, 2.45) is 5.92 Å². The third kappa shape index (κ3) is 4.45. The first-order chi connectivity index (χ1) is 12.0. The van der Waals surface area contributed by atoms with Gasteiger partial charge in [0.05, 0.1) is 16.6 Å². The molecule has 25 heavy (non-hydrogen) atoms. The van der Waals surface area contributed by atoms with Gasteiger partial charge >= 0.3 is 5.97 Å². The molecule has 1 saturated carbocycles. The molecule has 5 nitrogen and oxygen atoms in total. The number of carbonyl (C=O) groups is 2. The van der Waals surface area contributed by atoms with Crippen molar-refractivity contribution in [3.8, 4) is 0 Å². The first-order valence-corrected chi connectivity index (χ1v) is 9.38. The van der Waals surface area contributed by atoms with Gasteiger partial charge in [-0.1, -0.05) is 30.3 Å². The molecule has 0 atom stereocenters. The molecule has 1 aliphatic rings.